The molecule has 1 aliphatic rings. The van der Waals surface area contributed by atoms with Crippen LogP contribution in [0.25, 0.3) is 0 Å². The molecule has 1 heterocycles. The monoisotopic (exact) mass is 282 g/mol. The van der Waals surface area contributed by atoms with Crippen LogP contribution in [0, 0.1) is 17.6 Å². The molecule has 0 amide bonds. The van der Waals surface area contributed by atoms with Crippen molar-refractivity contribution >= 4 is 5.69 Å². The molecule has 3 unspecified atom stereocenters. The normalized spacial score (nSPS) is 26.9. The molecule has 0 bridgehead atoms. The van der Waals surface area contributed by atoms with Gasteiger partial charge in [0.25, 0.3) is 0 Å². The fourth-order valence-electron chi connectivity index (χ4n) is 3.01. The quantitative estimate of drug-likeness (QED) is 0.908. The molecule has 3 atom stereocenters. The van der Waals surface area contributed by atoms with Crippen LogP contribution in [0.3, 0.4) is 0 Å². The number of hydrogen-bond donors (Lipinski definition) is 1. The molecule has 20 heavy (non-hydrogen) atoms. The number of nitrogens with zero attached hydrogens (tertiary/aromatic N) is 1. The standard InChI is InChI=1S/C16H24F2N2/c1-4-8-19-16-7-9-20(12(3)11(16)2)13-5-6-14(17)15(18)10-13/h5-6,10-12,16,19H,4,7-9H2,1-3H3. The van der Waals surface area contributed by atoms with E-state index in [1.54, 1.807) is 6.07 Å². The van der Waals surface area contributed by atoms with Crippen molar-refractivity contribution in [3.05, 3.63) is 29.8 Å². The van der Waals surface area contributed by atoms with Gasteiger partial charge in [-0.15, -0.1) is 0 Å². The Bertz CT molecular complexity index is 450. The van der Waals surface area contributed by atoms with Gasteiger partial charge in [-0.3, -0.25) is 0 Å². The first kappa shape index (κ1) is 15.2. The number of anilines is 1. The van der Waals surface area contributed by atoms with Crippen molar-refractivity contribution in [2.75, 3.05) is 18.0 Å². The summed E-state index contributed by atoms with van der Waals surface area (Å²) < 4.78 is 26.4. The summed E-state index contributed by atoms with van der Waals surface area (Å²) in [6, 6.07) is 5.00. The van der Waals surface area contributed by atoms with Crippen molar-refractivity contribution in [3.8, 4) is 0 Å². The molecule has 1 saturated heterocycles. The van der Waals surface area contributed by atoms with Crippen molar-refractivity contribution in [3.63, 3.8) is 0 Å². The molecule has 0 saturated carbocycles. The summed E-state index contributed by atoms with van der Waals surface area (Å²) in [4.78, 5) is 2.18. The van der Waals surface area contributed by atoms with E-state index >= 15 is 0 Å². The van der Waals surface area contributed by atoms with Gasteiger partial charge in [-0.25, -0.2) is 8.78 Å². The number of benzene rings is 1. The molecule has 112 valence electrons. The van der Waals surface area contributed by atoms with E-state index < -0.39 is 11.6 Å². The molecular weight excluding hydrogens is 258 g/mol. The lowest BCUT2D eigenvalue weighted by molar-refractivity contribution is 0.271. The first-order valence-corrected chi connectivity index (χ1v) is 7.49. The second-order valence-corrected chi connectivity index (χ2v) is 5.74. The third-order valence-corrected chi connectivity index (χ3v) is 4.46. The predicted octanol–water partition coefficient (Wildman–Crippen LogP) is 3.57. The number of rotatable bonds is 4. The summed E-state index contributed by atoms with van der Waals surface area (Å²) in [7, 11) is 0. The maximum atomic E-state index is 13.4. The Labute approximate surface area is 120 Å². The Hall–Kier alpha value is -1.16. The van der Waals surface area contributed by atoms with Crippen molar-refractivity contribution < 1.29 is 8.78 Å². The van der Waals surface area contributed by atoms with Gasteiger partial charge >= 0.3 is 0 Å². The molecular formula is C16H24F2N2. The molecule has 2 nitrogen and oxygen atoms in total. The third kappa shape index (κ3) is 3.11. The molecule has 0 aliphatic carbocycles. The average molecular weight is 282 g/mol. The summed E-state index contributed by atoms with van der Waals surface area (Å²) in [5.74, 6) is -1.08. The second kappa shape index (κ2) is 6.53. The van der Waals surface area contributed by atoms with E-state index in [2.05, 4.69) is 31.0 Å². The Kier molecular flexibility index (Phi) is 4.97. The van der Waals surface area contributed by atoms with Crippen LogP contribution in [-0.2, 0) is 0 Å². The minimum Gasteiger partial charge on any atom is -0.368 e. The van der Waals surface area contributed by atoms with Crippen LogP contribution in [-0.4, -0.2) is 25.2 Å². The zero-order chi connectivity index (χ0) is 14.7. The van der Waals surface area contributed by atoms with E-state index in [9.17, 15) is 8.78 Å². The molecule has 1 N–H and O–H groups in total. The van der Waals surface area contributed by atoms with Gasteiger partial charge in [-0.1, -0.05) is 13.8 Å². The van der Waals surface area contributed by atoms with Crippen LogP contribution in [0.15, 0.2) is 18.2 Å². The minimum absolute atomic E-state index is 0.308. The van der Waals surface area contributed by atoms with Crippen LogP contribution < -0.4 is 10.2 Å². The predicted molar refractivity (Wildman–Crippen MR) is 79.0 cm³/mol. The topological polar surface area (TPSA) is 15.3 Å². The highest BCUT2D eigenvalue weighted by molar-refractivity contribution is 5.48. The van der Waals surface area contributed by atoms with E-state index in [4.69, 9.17) is 0 Å². The molecule has 0 spiro atoms. The van der Waals surface area contributed by atoms with E-state index in [1.165, 1.54) is 12.1 Å². The van der Waals surface area contributed by atoms with Crippen LogP contribution in [0.4, 0.5) is 14.5 Å². The highest BCUT2D eigenvalue weighted by Gasteiger charge is 2.32. The molecule has 1 aliphatic heterocycles. The Morgan fingerprint density at radius 1 is 1.25 bits per heavy atom. The van der Waals surface area contributed by atoms with E-state index in [1.807, 2.05) is 0 Å². The van der Waals surface area contributed by atoms with Crippen LogP contribution >= 0.6 is 0 Å². The first-order valence-electron chi connectivity index (χ1n) is 7.49. The Balaban J connectivity index is 2.09. The smallest absolute Gasteiger partial charge is 0.160 e. The third-order valence-electron chi connectivity index (χ3n) is 4.46. The van der Waals surface area contributed by atoms with Gasteiger partial charge in [0.2, 0.25) is 0 Å². The maximum Gasteiger partial charge on any atom is 0.160 e. The van der Waals surface area contributed by atoms with Gasteiger partial charge in [0.05, 0.1) is 0 Å². The molecule has 0 aromatic heterocycles. The van der Waals surface area contributed by atoms with Gasteiger partial charge in [-0.2, -0.15) is 0 Å². The molecule has 2 rings (SSSR count). The fraction of sp³-hybridized carbons (Fsp3) is 0.625. The summed E-state index contributed by atoms with van der Waals surface area (Å²) in [6.07, 6.45) is 2.16. The fourth-order valence-corrected chi connectivity index (χ4v) is 3.01. The maximum absolute atomic E-state index is 13.4. The number of nitrogens with one attached hydrogen (secondary N) is 1. The lowest BCUT2D eigenvalue weighted by Crippen LogP contribution is -2.53. The van der Waals surface area contributed by atoms with E-state index in [0.29, 0.717) is 18.0 Å². The highest BCUT2D eigenvalue weighted by atomic mass is 19.2. The molecule has 1 aromatic carbocycles. The SMILES string of the molecule is CCCNC1CCN(c2ccc(F)c(F)c2)C(C)C1C. The summed E-state index contributed by atoms with van der Waals surface area (Å²) in [6.45, 7) is 8.46. The van der Waals surface area contributed by atoms with Crippen LogP contribution in [0.2, 0.25) is 0 Å². The van der Waals surface area contributed by atoms with E-state index in [-0.39, 0.29) is 0 Å². The van der Waals surface area contributed by atoms with Crippen LogP contribution in [0.5, 0.6) is 0 Å². The second-order valence-electron chi connectivity index (χ2n) is 5.74. The summed E-state index contributed by atoms with van der Waals surface area (Å²) >= 11 is 0. The van der Waals surface area contributed by atoms with Gasteiger partial charge in [-0.05, 0) is 44.4 Å². The Morgan fingerprint density at radius 3 is 2.65 bits per heavy atom. The van der Waals surface area contributed by atoms with Gasteiger partial charge in [0, 0.05) is 30.4 Å². The molecule has 1 aromatic rings. The van der Waals surface area contributed by atoms with Crippen molar-refractivity contribution in [2.24, 2.45) is 5.92 Å². The lowest BCUT2D eigenvalue weighted by Gasteiger charge is -2.44. The average Bonchev–Trinajstić information content (AvgIpc) is 2.44. The van der Waals surface area contributed by atoms with Crippen molar-refractivity contribution in [1.82, 2.24) is 5.32 Å². The minimum atomic E-state index is -0.783. The lowest BCUT2D eigenvalue weighted by atomic mass is 9.86. The number of hydrogen-bond acceptors (Lipinski definition) is 2. The molecule has 4 heteroatoms. The zero-order valence-electron chi connectivity index (χ0n) is 12.5. The molecule has 1 fully saturated rings. The molecule has 0 radical (unpaired) electrons. The van der Waals surface area contributed by atoms with Gasteiger partial charge < -0.3 is 10.2 Å². The first-order chi connectivity index (χ1) is 9.54. The van der Waals surface area contributed by atoms with Gasteiger partial charge in [0.1, 0.15) is 0 Å². The summed E-state index contributed by atoms with van der Waals surface area (Å²) in [5.41, 5.74) is 0.775. The number of piperidine rings is 1. The van der Waals surface area contributed by atoms with E-state index in [0.717, 1.165) is 31.6 Å². The van der Waals surface area contributed by atoms with Crippen molar-refractivity contribution in [1.29, 1.82) is 0 Å². The Morgan fingerprint density at radius 2 is 2.00 bits per heavy atom. The zero-order valence-corrected chi connectivity index (χ0v) is 12.5. The summed E-state index contributed by atoms with van der Waals surface area (Å²) in [5, 5.41) is 3.58. The van der Waals surface area contributed by atoms with Crippen molar-refractivity contribution in [2.45, 2.75) is 45.7 Å². The number of halogens is 2. The highest BCUT2D eigenvalue weighted by Crippen LogP contribution is 2.29. The van der Waals surface area contributed by atoms with Gasteiger partial charge in [0.15, 0.2) is 11.6 Å². The van der Waals surface area contributed by atoms with Crippen LogP contribution in [0.1, 0.15) is 33.6 Å². The largest absolute Gasteiger partial charge is 0.368 e.